The molecule has 2 aromatic rings. The summed E-state index contributed by atoms with van der Waals surface area (Å²) < 4.78 is 1.28. The van der Waals surface area contributed by atoms with Gasteiger partial charge in [0.2, 0.25) is 0 Å². The molecule has 0 fully saturated rings. The van der Waals surface area contributed by atoms with Crippen LogP contribution in [0.15, 0.2) is 24.3 Å². The molecule has 0 spiro atoms. The molecule has 4 nitrogen and oxygen atoms in total. The van der Waals surface area contributed by atoms with Crippen molar-refractivity contribution in [3.63, 3.8) is 0 Å². The molecular weight excluding hydrogens is 319 g/mol. The first-order valence-corrected chi connectivity index (χ1v) is 7.42. The number of anilines is 1. The molecule has 0 radical (unpaired) electrons. The highest BCUT2D eigenvalue weighted by Crippen LogP contribution is 2.36. The molecule has 0 aliphatic rings. The fourth-order valence-corrected chi connectivity index (χ4v) is 3.57. The molecule has 2 rings (SSSR count). The summed E-state index contributed by atoms with van der Waals surface area (Å²) in [7, 11) is 0. The Morgan fingerprint density at radius 1 is 1.35 bits per heavy atom. The number of nitrogens with zero attached hydrogens (tertiary/aromatic N) is 1. The first kappa shape index (κ1) is 15.1. The van der Waals surface area contributed by atoms with E-state index in [2.05, 4.69) is 5.32 Å². The van der Waals surface area contributed by atoms with Crippen LogP contribution in [0.4, 0.5) is 11.4 Å². The lowest BCUT2D eigenvalue weighted by atomic mass is 10.1. The summed E-state index contributed by atoms with van der Waals surface area (Å²) >= 11 is 13.4. The van der Waals surface area contributed by atoms with E-state index < -0.39 is 4.92 Å². The van der Waals surface area contributed by atoms with Crippen LogP contribution >= 0.6 is 34.5 Å². The van der Waals surface area contributed by atoms with Gasteiger partial charge in [-0.25, -0.2) is 0 Å². The minimum Gasteiger partial charge on any atom is -0.378 e. The van der Waals surface area contributed by atoms with E-state index in [1.54, 1.807) is 19.1 Å². The number of nitro groups is 1. The summed E-state index contributed by atoms with van der Waals surface area (Å²) in [6, 6.07) is 6.71. The average Bonchev–Trinajstić information content (AvgIpc) is 2.68. The third-order valence-corrected chi connectivity index (χ3v) is 4.44. The second-order valence-electron chi connectivity index (χ2n) is 4.40. The zero-order chi connectivity index (χ0) is 14.9. The molecule has 20 heavy (non-hydrogen) atoms. The predicted octanol–water partition coefficient (Wildman–Crippen LogP) is 5.44. The van der Waals surface area contributed by atoms with Crippen molar-refractivity contribution >= 4 is 45.9 Å². The molecule has 1 atom stereocenters. The topological polar surface area (TPSA) is 55.2 Å². The van der Waals surface area contributed by atoms with Crippen LogP contribution in [0.2, 0.25) is 8.67 Å². The number of aryl methyl sites for hydroxylation is 1. The highest BCUT2D eigenvalue weighted by molar-refractivity contribution is 7.20. The van der Waals surface area contributed by atoms with Gasteiger partial charge < -0.3 is 5.32 Å². The van der Waals surface area contributed by atoms with Gasteiger partial charge >= 0.3 is 0 Å². The summed E-state index contributed by atoms with van der Waals surface area (Å²) in [5, 5.41) is 14.0. The second-order valence-corrected chi connectivity index (χ2v) is 6.69. The lowest BCUT2D eigenvalue weighted by Crippen LogP contribution is -2.06. The molecule has 0 saturated heterocycles. The highest BCUT2D eigenvalue weighted by atomic mass is 35.5. The number of hydrogen-bond donors (Lipinski definition) is 1. The molecular formula is C13H12Cl2N2O2S. The first-order valence-electron chi connectivity index (χ1n) is 5.85. The molecule has 0 saturated carbocycles. The molecule has 1 aromatic heterocycles. The summed E-state index contributed by atoms with van der Waals surface area (Å²) in [5.74, 6) is 0. The van der Waals surface area contributed by atoms with Gasteiger partial charge in [0, 0.05) is 22.9 Å². The van der Waals surface area contributed by atoms with Gasteiger partial charge in [0.05, 0.1) is 19.6 Å². The van der Waals surface area contributed by atoms with E-state index in [1.807, 2.05) is 13.0 Å². The Bertz CT molecular complexity index is 658. The van der Waals surface area contributed by atoms with Gasteiger partial charge in [-0.3, -0.25) is 10.1 Å². The Morgan fingerprint density at radius 2 is 2.05 bits per heavy atom. The lowest BCUT2D eigenvalue weighted by molar-refractivity contribution is -0.385. The van der Waals surface area contributed by atoms with Gasteiger partial charge in [-0.2, -0.15) is 0 Å². The number of thiophene rings is 1. The SMILES string of the molecule is Cc1cc(NC(C)c2cc(Cl)sc2Cl)ccc1[N+](=O)[O-]. The number of hydrogen-bond acceptors (Lipinski definition) is 4. The van der Waals surface area contributed by atoms with Crippen molar-refractivity contribution in [1.29, 1.82) is 0 Å². The zero-order valence-electron chi connectivity index (χ0n) is 10.8. The van der Waals surface area contributed by atoms with E-state index in [9.17, 15) is 10.1 Å². The van der Waals surface area contributed by atoms with Crippen molar-refractivity contribution in [2.45, 2.75) is 19.9 Å². The lowest BCUT2D eigenvalue weighted by Gasteiger charge is -2.15. The summed E-state index contributed by atoms with van der Waals surface area (Å²) in [4.78, 5) is 10.4. The van der Waals surface area contributed by atoms with Crippen molar-refractivity contribution in [3.05, 3.63) is 54.2 Å². The Balaban J connectivity index is 2.20. The Morgan fingerprint density at radius 3 is 2.55 bits per heavy atom. The standard InChI is InChI=1S/C13H12Cl2N2O2S/c1-7-5-9(3-4-11(7)17(18)19)16-8(2)10-6-12(14)20-13(10)15/h3-6,8,16H,1-2H3. The summed E-state index contributed by atoms with van der Waals surface area (Å²) in [6.45, 7) is 3.67. The maximum absolute atomic E-state index is 10.8. The van der Waals surface area contributed by atoms with Gasteiger partial charge in [-0.1, -0.05) is 23.2 Å². The number of nitrogens with one attached hydrogen (secondary N) is 1. The monoisotopic (exact) mass is 330 g/mol. The normalized spacial score (nSPS) is 12.2. The Hall–Kier alpha value is -1.30. The molecule has 1 unspecified atom stereocenters. The third kappa shape index (κ3) is 3.23. The van der Waals surface area contributed by atoms with Crippen LogP contribution in [-0.4, -0.2) is 4.92 Å². The van der Waals surface area contributed by atoms with E-state index in [0.29, 0.717) is 14.2 Å². The molecule has 1 heterocycles. The van der Waals surface area contributed by atoms with Gasteiger partial charge in [0.15, 0.2) is 0 Å². The minimum absolute atomic E-state index is 0.0351. The smallest absolute Gasteiger partial charge is 0.272 e. The predicted molar refractivity (Wildman–Crippen MR) is 84.2 cm³/mol. The van der Waals surface area contributed by atoms with Crippen LogP contribution in [-0.2, 0) is 0 Å². The number of halogens is 2. The Labute approximate surface area is 130 Å². The van der Waals surface area contributed by atoms with E-state index in [4.69, 9.17) is 23.2 Å². The molecule has 0 aliphatic heterocycles. The van der Waals surface area contributed by atoms with Crippen molar-refractivity contribution in [2.24, 2.45) is 0 Å². The van der Waals surface area contributed by atoms with E-state index in [0.717, 1.165) is 11.3 Å². The van der Waals surface area contributed by atoms with Gasteiger partial charge in [0.25, 0.3) is 5.69 Å². The van der Waals surface area contributed by atoms with E-state index in [-0.39, 0.29) is 11.7 Å². The maximum atomic E-state index is 10.8. The van der Waals surface area contributed by atoms with Crippen LogP contribution < -0.4 is 5.32 Å². The third-order valence-electron chi connectivity index (χ3n) is 2.93. The Kier molecular flexibility index (Phi) is 4.52. The van der Waals surface area contributed by atoms with E-state index in [1.165, 1.54) is 17.4 Å². The molecule has 1 N–H and O–H groups in total. The van der Waals surface area contributed by atoms with Crippen molar-refractivity contribution in [3.8, 4) is 0 Å². The fourth-order valence-electron chi connectivity index (χ4n) is 1.93. The number of nitro benzene ring substituents is 1. The van der Waals surface area contributed by atoms with Crippen LogP contribution in [0, 0.1) is 17.0 Å². The molecule has 7 heteroatoms. The highest BCUT2D eigenvalue weighted by Gasteiger charge is 2.15. The fraction of sp³-hybridized carbons (Fsp3) is 0.231. The van der Waals surface area contributed by atoms with Crippen molar-refractivity contribution in [1.82, 2.24) is 0 Å². The molecule has 0 aliphatic carbocycles. The quantitative estimate of drug-likeness (QED) is 0.599. The molecule has 1 aromatic carbocycles. The number of rotatable bonds is 4. The van der Waals surface area contributed by atoms with Gasteiger partial charge in [-0.05, 0) is 32.0 Å². The van der Waals surface area contributed by atoms with Crippen LogP contribution in [0.5, 0.6) is 0 Å². The zero-order valence-corrected chi connectivity index (χ0v) is 13.1. The summed E-state index contributed by atoms with van der Waals surface area (Å²) in [6.07, 6.45) is 0. The van der Waals surface area contributed by atoms with Crippen LogP contribution in [0.1, 0.15) is 24.1 Å². The largest absolute Gasteiger partial charge is 0.378 e. The maximum Gasteiger partial charge on any atom is 0.272 e. The van der Waals surface area contributed by atoms with Gasteiger partial charge in [0.1, 0.15) is 0 Å². The van der Waals surface area contributed by atoms with Crippen molar-refractivity contribution < 1.29 is 4.92 Å². The van der Waals surface area contributed by atoms with Crippen LogP contribution in [0.25, 0.3) is 0 Å². The van der Waals surface area contributed by atoms with Crippen LogP contribution in [0.3, 0.4) is 0 Å². The summed E-state index contributed by atoms with van der Waals surface area (Å²) in [5.41, 5.74) is 2.44. The molecule has 106 valence electrons. The van der Waals surface area contributed by atoms with Gasteiger partial charge in [-0.15, -0.1) is 11.3 Å². The molecule has 0 amide bonds. The minimum atomic E-state index is -0.391. The average molecular weight is 331 g/mol. The second kappa shape index (κ2) is 5.99. The number of benzene rings is 1. The first-order chi connectivity index (χ1) is 9.38. The van der Waals surface area contributed by atoms with Crippen molar-refractivity contribution in [2.75, 3.05) is 5.32 Å². The van der Waals surface area contributed by atoms with E-state index >= 15 is 0 Å². The molecule has 0 bridgehead atoms.